The summed E-state index contributed by atoms with van der Waals surface area (Å²) in [6, 6.07) is -2.23. The third-order valence-corrected chi connectivity index (χ3v) is 2.43. The van der Waals surface area contributed by atoms with Crippen LogP contribution in [-0.2, 0) is 9.59 Å². The van der Waals surface area contributed by atoms with Gasteiger partial charge in [0.15, 0.2) is 0 Å². The summed E-state index contributed by atoms with van der Waals surface area (Å²) in [6.45, 7) is 1.51. The molecule has 0 radical (unpaired) electrons. The first-order valence-electron chi connectivity index (χ1n) is 4.42. The molecule has 1 unspecified atom stereocenters. The Hall–Kier alpha value is -1.63. The molecule has 1 rings (SSSR count). The van der Waals surface area contributed by atoms with E-state index in [-0.39, 0.29) is 6.54 Å². The molecule has 0 aromatic carbocycles. The number of imide groups is 1. The number of β-lactam (4-membered cyclic amide) rings is 1. The summed E-state index contributed by atoms with van der Waals surface area (Å²) >= 11 is 0. The van der Waals surface area contributed by atoms with Crippen LogP contribution in [0.4, 0.5) is 4.79 Å². The molecular weight excluding hydrogens is 202 g/mol. The van der Waals surface area contributed by atoms with Crippen molar-refractivity contribution in [2.45, 2.75) is 19.0 Å². The topological polar surface area (TPSA) is 104 Å². The number of aliphatic carboxylic acids is 1. The molecule has 1 saturated heterocycles. The number of hydrogen-bond donors (Lipinski definition) is 2. The van der Waals surface area contributed by atoms with Crippen LogP contribution in [0.25, 0.3) is 0 Å². The zero-order chi connectivity index (χ0) is 11.7. The fraction of sp³-hybridized carbons (Fsp3) is 0.625. The molecule has 1 heterocycles. The number of carbonyl (C=O) groups excluding carboxylic acids is 2. The Bertz CT molecular complexity index is 317. The van der Waals surface area contributed by atoms with Crippen molar-refractivity contribution < 1.29 is 19.5 Å². The van der Waals surface area contributed by atoms with E-state index in [9.17, 15) is 14.4 Å². The predicted molar refractivity (Wildman–Crippen MR) is 49.9 cm³/mol. The number of rotatable bonds is 2. The second-order valence-corrected chi connectivity index (χ2v) is 3.46. The number of hydrogen-bond acceptors (Lipinski definition) is 4. The highest BCUT2D eigenvalue weighted by molar-refractivity contribution is 6.02. The smallest absolute Gasteiger partial charge is 0.327 e. The standard InChI is InChI=1S/C8H13N3O4/c1-4(7(13)14)10(2)8(15)11-3-5(9)6(11)12/h4-5H,3,9H2,1-2H3,(H,13,14)/t4-,5?/m0/s1. The van der Waals surface area contributed by atoms with E-state index in [1.54, 1.807) is 0 Å². The van der Waals surface area contributed by atoms with E-state index in [0.29, 0.717) is 0 Å². The molecular formula is C8H13N3O4. The molecule has 1 aliphatic heterocycles. The van der Waals surface area contributed by atoms with Crippen molar-refractivity contribution in [3.63, 3.8) is 0 Å². The van der Waals surface area contributed by atoms with Crippen LogP contribution in [0.3, 0.4) is 0 Å². The van der Waals surface area contributed by atoms with Gasteiger partial charge in [0.1, 0.15) is 12.1 Å². The molecule has 0 bridgehead atoms. The fourth-order valence-electron chi connectivity index (χ4n) is 1.15. The van der Waals surface area contributed by atoms with Crippen LogP contribution in [0, 0.1) is 0 Å². The zero-order valence-electron chi connectivity index (χ0n) is 8.51. The molecule has 0 aliphatic carbocycles. The van der Waals surface area contributed by atoms with Crippen molar-refractivity contribution in [2.24, 2.45) is 5.73 Å². The van der Waals surface area contributed by atoms with Crippen molar-refractivity contribution in [3.05, 3.63) is 0 Å². The second-order valence-electron chi connectivity index (χ2n) is 3.46. The largest absolute Gasteiger partial charge is 0.480 e. The number of nitrogens with two attached hydrogens (primary N) is 1. The normalized spacial score (nSPS) is 21.9. The molecule has 7 heteroatoms. The summed E-state index contributed by atoms with van der Waals surface area (Å²) in [4.78, 5) is 35.2. The lowest BCUT2D eigenvalue weighted by atomic mass is 10.1. The highest BCUT2D eigenvalue weighted by Gasteiger charge is 2.40. The maximum absolute atomic E-state index is 11.5. The molecule has 0 saturated carbocycles. The van der Waals surface area contributed by atoms with Crippen LogP contribution in [0.1, 0.15) is 6.92 Å². The molecule has 0 aromatic heterocycles. The van der Waals surface area contributed by atoms with Gasteiger partial charge in [-0.2, -0.15) is 0 Å². The molecule has 0 aromatic rings. The summed E-state index contributed by atoms with van der Waals surface area (Å²) in [7, 11) is 1.33. The number of urea groups is 1. The lowest BCUT2D eigenvalue weighted by molar-refractivity contribution is -0.144. The summed E-state index contributed by atoms with van der Waals surface area (Å²) in [5.74, 6) is -1.59. The van der Waals surface area contributed by atoms with Crippen LogP contribution >= 0.6 is 0 Å². The van der Waals surface area contributed by atoms with Crippen LogP contribution < -0.4 is 5.73 Å². The number of likely N-dealkylation sites (tertiary alicyclic amines) is 1. The summed E-state index contributed by atoms with van der Waals surface area (Å²) < 4.78 is 0. The van der Waals surface area contributed by atoms with E-state index in [1.807, 2.05) is 0 Å². The highest BCUT2D eigenvalue weighted by Crippen LogP contribution is 2.12. The number of amides is 3. The summed E-state index contributed by atoms with van der Waals surface area (Å²) in [5, 5.41) is 8.67. The van der Waals surface area contributed by atoms with Gasteiger partial charge in [-0.3, -0.25) is 9.69 Å². The van der Waals surface area contributed by atoms with E-state index in [0.717, 1.165) is 9.80 Å². The number of carboxylic acid groups (broad SMARTS) is 1. The lowest BCUT2D eigenvalue weighted by Gasteiger charge is -2.37. The van der Waals surface area contributed by atoms with Crippen molar-refractivity contribution >= 4 is 17.9 Å². The van der Waals surface area contributed by atoms with Gasteiger partial charge >= 0.3 is 12.0 Å². The first-order valence-corrected chi connectivity index (χ1v) is 4.42. The third-order valence-electron chi connectivity index (χ3n) is 2.43. The Morgan fingerprint density at radius 3 is 2.53 bits per heavy atom. The molecule has 3 amide bonds. The first-order chi connectivity index (χ1) is 6.86. The van der Waals surface area contributed by atoms with Crippen LogP contribution in [0.15, 0.2) is 0 Å². The zero-order valence-corrected chi connectivity index (χ0v) is 8.51. The van der Waals surface area contributed by atoms with Crippen LogP contribution in [0.2, 0.25) is 0 Å². The number of carboxylic acids is 1. The van der Waals surface area contributed by atoms with E-state index < -0.39 is 30.0 Å². The van der Waals surface area contributed by atoms with Gasteiger partial charge in [-0.05, 0) is 6.92 Å². The van der Waals surface area contributed by atoms with Gasteiger partial charge in [0.2, 0.25) is 5.91 Å². The molecule has 2 atom stereocenters. The Morgan fingerprint density at radius 1 is 1.67 bits per heavy atom. The Kier molecular flexibility index (Phi) is 2.94. The molecule has 1 fully saturated rings. The Balaban J connectivity index is 2.62. The van der Waals surface area contributed by atoms with Gasteiger partial charge < -0.3 is 15.7 Å². The fourth-order valence-corrected chi connectivity index (χ4v) is 1.15. The Labute approximate surface area is 86.4 Å². The van der Waals surface area contributed by atoms with E-state index in [1.165, 1.54) is 14.0 Å². The van der Waals surface area contributed by atoms with Gasteiger partial charge in [-0.15, -0.1) is 0 Å². The molecule has 0 spiro atoms. The number of likely N-dealkylation sites (N-methyl/N-ethyl adjacent to an activating group) is 1. The third kappa shape index (κ3) is 1.91. The van der Waals surface area contributed by atoms with Gasteiger partial charge in [-0.25, -0.2) is 9.59 Å². The maximum atomic E-state index is 11.5. The van der Waals surface area contributed by atoms with Gasteiger partial charge in [-0.1, -0.05) is 0 Å². The summed E-state index contributed by atoms with van der Waals surface area (Å²) in [5.41, 5.74) is 5.31. The minimum Gasteiger partial charge on any atom is -0.480 e. The van der Waals surface area contributed by atoms with E-state index >= 15 is 0 Å². The quantitative estimate of drug-likeness (QED) is 0.556. The van der Waals surface area contributed by atoms with Crippen molar-refractivity contribution in [1.29, 1.82) is 0 Å². The van der Waals surface area contributed by atoms with Crippen LogP contribution in [0.5, 0.6) is 0 Å². The van der Waals surface area contributed by atoms with Crippen molar-refractivity contribution in [1.82, 2.24) is 9.80 Å². The molecule has 3 N–H and O–H groups in total. The monoisotopic (exact) mass is 215 g/mol. The van der Waals surface area contributed by atoms with Gasteiger partial charge in [0.05, 0.1) is 6.54 Å². The second kappa shape index (κ2) is 3.85. The maximum Gasteiger partial charge on any atom is 0.327 e. The van der Waals surface area contributed by atoms with E-state index in [4.69, 9.17) is 10.8 Å². The number of carbonyl (C=O) groups is 3. The lowest BCUT2D eigenvalue weighted by Crippen LogP contribution is -2.65. The molecule has 15 heavy (non-hydrogen) atoms. The van der Waals surface area contributed by atoms with Crippen LogP contribution in [-0.4, -0.2) is 58.5 Å². The average molecular weight is 215 g/mol. The van der Waals surface area contributed by atoms with Gasteiger partial charge in [0, 0.05) is 7.05 Å². The van der Waals surface area contributed by atoms with E-state index in [2.05, 4.69) is 0 Å². The first kappa shape index (κ1) is 11.4. The SMILES string of the molecule is C[C@@H](C(=O)O)N(C)C(=O)N1CC(N)C1=O. The molecule has 7 nitrogen and oxygen atoms in total. The van der Waals surface area contributed by atoms with Gasteiger partial charge in [0.25, 0.3) is 0 Å². The number of nitrogens with zero attached hydrogens (tertiary/aromatic N) is 2. The highest BCUT2D eigenvalue weighted by atomic mass is 16.4. The predicted octanol–water partition coefficient (Wildman–Crippen LogP) is -1.32. The average Bonchev–Trinajstić information content (AvgIpc) is 2.21. The molecule has 1 aliphatic rings. The Morgan fingerprint density at radius 2 is 2.20 bits per heavy atom. The minimum absolute atomic E-state index is 0.147. The van der Waals surface area contributed by atoms with Crippen molar-refractivity contribution in [3.8, 4) is 0 Å². The summed E-state index contributed by atoms with van der Waals surface area (Å²) in [6.07, 6.45) is 0. The molecule has 84 valence electrons. The van der Waals surface area contributed by atoms with Crippen molar-refractivity contribution in [2.75, 3.05) is 13.6 Å². The minimum atomic E-state index is -1.12.